The van der Waals surface area contributed by atoms with Gasteiger partial charge in [0.15, 0.2) is 5.82 Å². The molecule has 0 aliphatic heterocycles. The van der Waals surface area contributed by atoms with Gasteiger partial charge in [0.2, 0.25) is 0 Å². The minimum Gasteiger partial charge on any atom is -0.282 e. The predicted molar refractivity (Wildman–Crippen MR) is 66.2 cm³/mol. The number of fused-ring (bicyclic) bond motifs is 1. The highest BCUT2D eigenvalue weighted by atomic mass is 35.5. The third kappa shape index (κ3) is 1.76. The van der Waals surface area contributed by atoms with Gasteiger partial charge in [-0.25, -0.2) is 9.97 Å². The first-order valence-electron chi connectivity index (χ1n) is 5.18. The van der Waals surface area contributed by atoms with E-state index in [4.69, 9.17) is 11.6 Å². The summed E-state index contributed by atoms with van der Waals surface area (Å²) in [4.78, 5) is 12.8. The highest BCUT2D eigenvalue weighted by Crippen LogP contribution is 2.15. The number of aromatic nitrogens is 4. The summed E-state index contributed by atoms with van der Waals surface area (Å²) < 4.78 is 1.90. The second-order valence-electron chi connectivity index (χ2n) is 3.60. The standard InChI is InChI=1S/C12H9ClN4/c13-5-9-6-15-12(7-14-9)17-8-16-10-3-1-2-4-11(10)17/h1-4,6-8H,5H2. The van der Waals surface area contributed by atoms with Crippen LogP contribution < -0.4 is 0 Å². The Balaban J connectivity index is 2.13. The Bertz CT molecular complexity index is 645. The van der Waals surface area contributed by atoms with Crippen molar-refractivity contribution in [3.05, 3.63) is 48.7 Å². The molecule has 2 aromatic heterocycles. The van der Waals surface area contributed by atoms with Crippen LogP contribution in [0, 0.1) is 0 Å². The molecule has 84 valence electrons. The third-order valence-corrected chi connectivity index (χ3v) is 2.80. The highest BCUT2D eigenvalue weighted by Gasteiger charge is 2.04. The lowest BCUT2D eigenvalue weighted by Crippen LogP contribution is -1.98. The van der Waals surface area contributed by atoms with E-state index >= 15 is 0 Å². The second-order valence-corrected chi connectivity index (χ2v) is 3.87. The monoisotopic (exact) mass is 244 g/mol. The molecule has 2 heterocycles. The molecule has 0 amide bonds. The van der Waals surface area contributed by atoms with Gasteiger partial charge in [0.25, 0.3) is 0 Å². The Morgan fingerprint density at radius 2 is 1.94 bits per heavy atom. The number of hydrogen-bond donors (Lipinski definition) is 0. The molecule has 0 atom stereocenters. The van der Waals surface area contributed by atoms with Crippen molar-refractivity contribution in [2.45, 2.75) is 5.88 Å². The number of rotatable bonds is 2. The fourth-order valence-electron chi connectivity index (χ4n) is 1.68. The van der Waals surface area contributed by atoms with Crippen LogP contribution in [0.25, 0.3) is 16.9 Å². The molecule has 0 saturated heterocycles. The van der Waals surface area contributed by atoms with Crippen molar-refractivity contribution >= 4 is 22.6 Å². The summed E-state index contributed by atoms with van der Waals surface area (Å²) >= 11 is 5.68. The summed E-state index contributed by atoms with van der Waals surface area (Å²) in [5.41, 5.74) is 2.72. The minimum atomic E-state index is 0.373. The average Bonchev–Trinajstić information content (AvgIpc) is 2.83. The normalized spacial score (nSPS) is 10.9. The average molecular weight is 245 g/mol. The van der Waals surface area contributed by atoms with Gasteiger partial charge in [-0.2, -0.15) is 0 Å². The SMILES string of the molecule is ClCc1cnc(-n2cnc3ccccc32)cn1. The number of nitrogens with zero attached hydrogens (tertiary/aromatic N) is 4. The van der Waals surface area contributed by atoms with Crippen LogP contribution in [0.4, 0.5) is 0 Å². The van der Waals surface area contributed by atoms with Crippen LogP contribution >= 0.6 is 11.6 Å². The summed E-state index contributed by atoms with van der Waals surface area (Å²) in [6.07, 6.45) is 5.12. The first-order valence-corrected chi connectivity index (χ1v) is 5.71. The lowest BCUT2D eigenvalue weighted by atomic mass is 10.3. The number of alkyl halides is 1. The fraction of sp³-hybridized carbons (Fsp3) is 0.0833. The molecule has 17 heavy (non-hydrogen) atoms. The van der Waals surface area contributed by atoms with E-state index in [0.717, 1.165) is 22.5 Å². The molecule has 0 fully saturated rings. The van der Waals surface area contributed by atoms with Gasteiger partial charge < -0.3 is 0 Å². The van der Waals surface area contributed by atoms with Crippen LogP contribution in [0.1, 0.15) is 5.69 Å². The Kier molecular flexibility index (Phi) is 2.49. The van der Waals surface area contributed by atoms with Crippen molar-refractivity contribution in [3.8, 4) is 5.82 Å². The fourth-order valence-corrected chi connectivity index (χ4v) is 1.82. The molecule has 0 bridgehead atoms. The summed E-state index contributed by atoms with van der Waals surface area (Å²) in [5.74, 6) is 1.12. The van der Waals surface area contributed by atoms with Gasteiger partial charge in [0, 0.05) is 0 Å². The van der Waals surface area contributed by atoms with Gasteiger partial charge in [-0.3, -0.25) is 9.55 Å². The third-order valence-electron chi connectivity index (χ3n) is 2.53. The first-order chi connectivity index (χ1) is 8.38. The van der Waals surface area contributed by atoms with Crippen LogP contribution in [0.15, 0.2) is 43.0 Å². The summed E-state index contributed by atoms with van der Waals surface area (Å²) in [6.45, 7) is 0. The van der Waals surface area contributed by atoms with Crippen molar-refractivity contribution in [1.82, 2.24) is 19.5 Å². The van der Waals surface area contributed by atoms with Crippen LogP contribution in [0.3, 0.4) is 0 Å². The number of para-hydroxylation sites is 2. The summed E-state index contributed by atoms with van der Waals surface area (Å²) in [6, 6.07) is 7.90. The lowest BCUT2D eigenvalue weighted by Gasteiger charge is -2.02. The second kappa shape index (κ2) is 4.14. The molecule has 0 aliphatic rings. The van der Waals surface area contributed by atoms with Crippen LogP contribution in [-0.4, -0.2) is 19.5 Å². The van der Waals surface area contributed by atoms with E-state index in [9.17, 15) is 0 Å². The van der Waals surface area contributed by atoms with Crippen molar-refractivity contribution in [2.75, 3.05) is 0 Å². The first kappa shape index (κ1) is 10.2. The Morgan fingerprint density at radius 3 is 2.71 bits per heavy atom. The van der Waals surface area contributed by atoms with Crippen LogP contribution in [0.2, 0.25) is 0 Å². The topological polar surface area (TPSA) is 43.6 Å². The van der Waals surface area contributed by atoms with Gasteiger partial charge in [-0.15, -0.1) is 11.6 Å². The van der Waals surface area contributed by atoms with Gasteiger partial charge >= 0.3 is 0 Å². The highest BCUT2D eigenvalue weighted by molar-refractivity contribution is 6.16. The largest absolute Gasteiger partial charge is 0.282 e. The van der Waals surface area contributed by atoms with E-state index in [0.29, 0.717) is 5.88 Å². The van der Waals surface area contributed by atoms with Gasteiger partial charge in [0.1, 0.15) is 6.33 Å². The predicted octanol–water partition coefficient (Wildman–Crippen LogP) is 2.55. The van der Waals surface area contributed by atoms with E-state index < -0.39 is 0 Å². The smallest absolute Gasteiger partial charge is 0.156 e. The van der Waals surface area contributed by atoms with Crippen LogP contribution in [0.5, 0.6) is 0 Å². The van der Waals surface area contributed by atoms with E-state index in [-0.39, 0.29) is 0 Å². The minimum absolute atomic E-state index is 0.373. The maximum absolute atomic E-state index is 5.68. The summed E-state index contributed by atoms with van der Waals surface area (Å²) in [5, 5.41) is 0. The molecule has 4 nitrogen and oxygen atoms in total. The molecular weight excluding hydrogens is 236 g/mol. The van der Waals surface area contributed by atoms with E-state index in [1.165, 1.54) is 0 Å². The zero-order valence-corrected chi connectivity index (χ0v) is 9.67. The molecule has 0 unspecified atom stereocenters. The molecule has 0 N–H and O–H groups in total. The number of halogens is 1. The van der Waals surface area contributed by atoms with Crippen molar-refractivity contribution < 1.29 is 0 Å². The quantitative estimate of drug-likeness (QED) is 0.651. The zero-order valence-electron chi connectivity index (χ0n) is 8.92. The molecule has 5 heteroatoms. The molecule has 1 aromatic carbocycles. The Hall–Kier alpha value is -1.94. The van der Waals surface area contributed by atoms with E-state index in [2.05, 4.69) is 15.0 Å². The van der Waals surface area contributed by atoms with Gasteiger partial charge in [-0.05, 0) is 12.1 Å². The maximum atomic E-state index is 5.68. The molecule has 0 aliphatic carbocycles. The van der Waals surface area contributed by atoms with Crippen molar-refractivity contribution in [2.24, 2.45) is 0 Å². The molecule has 0 spiro atoms. The molecule has 3 aromatic rings. The number of imidazole rings is 1. The maximum Gasteiger partial charge on any atom is 0.156 e. The van der Waals surface area contributed by atoms with Gasteiger partial charge in [0.05, 0.1) is 35.0 Å². The van der Waals surface area contributed by atoms with E-state index in [1.807, 2.05) is 28.8 Å². The number of benzene rings is 1. The molecular formula is C12H9ClN4. The van der Waals surface area contributed by atoms with E-state index in [1.54, 1.807) is 18.7 Å². The van der Waals surface area contributed by atoms with Crippen LogP contribution in [-0.2, 0) is 5.88 Å². The van der Waals surface area contributed by atoms with Crippen molar-refractivity contribution in [3.63, 3.8) is 0 Å². The zero-order chi connectivity index (χ0) is 11.7. The Morgan fingerprint density at radius 1 is 1.06 bits per heavy atom. The number of hydrogen-bond acceptors (Lipinski definition) is 3. The van der Waals surface area contributed by atoms with Crippen molar-refractivity contribution in [1.29, 1.82) is 0 Å². The molecule has 3 rings (SSSR count). The Labute approximate surface area is 103 Å². The lowest BCUT2D eigenvalue weighted by molar-refractivity contribution is 0.973. The van der Waals surface area contributed by atoms with Gasteiger partial charge in [-0.1, -0.05) is 12.1 Å². The summed E-state index contributed by atoms with van der Waals surface area (Å²) in [7, 11) is 0. The molecule has 0 radical (unpaired) electrons. The molecule has 0 saturated carbocycles.